The average molecular weight is 345 g/mol. The number of pyridine rings is 1. The molecule has 0 bridgehead atoms. The lowest BCUT2D eigenvalue weighted by Crippen LogP contribution is -2.45. The van der Waals surface area contributed by atoms with Crippen LogP contribution in [-0.2, 0) is 0 Å². The van der Waals surface area contributed by atoms with Crippen LogP contribution in [0.1, 0.15) is 33.7 Å². The molecule has 1 amide bonds. The zero-order valence-corrected chi connectivity index (χ0v) is 13.8. The summed E-state index contributed by atoms with van der Waals surface area (Å²) in [5.41, 5.74) is 0.754. The Bertz CT molecular complexity index is 753. The first kappa shape index (κ1) is 16.5. The maximum Gasteiger partial charge on any atom is 0.319 e. The number of hydrogen-bond acceptors (Lipinski definition) is 3. The molecule has 1 aliphatic heterocycles. The van der Waals surface area contributed by atoms with Gasteiger partial charge in [0.15, 0.2) is 12.0 Å². The molecule has 5 nitrogen and oxygen atoms in total. The number of hydrogen-bond donors (Lipinski definition) is 0. The minimum atomic E-state index is -0.289. The van der Waals surface area contributed by atoms with Crippen molar-refractivity contribution < 1.29 is 14.3 Å². The van der Waals surface area contributed by atoms with E-state index in [0.717, 1.165) is 0 Å². The van der Waals surface area contributed by atoms with Crippen LogP contribution in [-0.4, -0.2) is 29.7 Å². The fraction of sp³-hybridized carbons (Fsp3) is 0.278. The molecule has 2 aromatic rings. The summed E-state index contributed by atoms with van der Waals surface area (Å²) < 4.78 is 0.577. The highest BCUT2D eigenvalue weighted by Gasteiger charge is 2.30. The molecule has 0 atom stereocenters. The first-order valence-corrected chi connectivity index (χ1v) is 8.21. The maximum atomic E-state index is 12.5. The lowest BCUT2D eigenvalue weighted by atomic mass is 9.89. The molecule has 1 fully saturated rings. The van der Waals surface area contributed by atoms with Crippen LogP contribution in [0, 0.1) is 11.1 Å². The predicted octanol–water partition coefficient (Wildman–Crippen LogP) is 2.71. The smallest absolute Gasteiger partial charge is 0.319 e. The minimum Gasteiger partial charge on any atom is -0.618 e. The van der Waals surface area contributed by atoms with Gasteiger partial charge in [-0.05, 0) is 43.2 Å². The lowest BCUT2D eigenvalue weighted by molar-refractivity contribution is -0.608. The Morgan fingerprint density at radius 3 is 2.38 bits per heavy atom. The van der Waals surface area contributed by atoms with Crippen LogP contribution >= 0.6 is 11.6 Å². The van der Waals surface area contributed by atoms with Gasteiger partial charge >= 0.3 is 5.91 Å². The average Bonchev–Trinajstić information content (AvgIpc) is 2.62. The largest absolute Gasteiger partial charge is 0.618 e. The number of aromatic nitrogens is 1. The van der Waals surface area contributed by atoms with Gasteiger partial charge in [0.05, 0.1) is 0 Å². The summed E-state index contributed by atoms with van der Waals surface area (Å²) in [5, 5.41) is 12.3. The van der Waals surface area contributed by atoms with Gasteiger partial charge in [0.1, 0.15) is 0 Å². The molecule has 1 aliphatic rings. The molecule has 1 saturated heterocycles. The molecule has 0 saturated carbocycles. The van der Waals surface area contributed by atoms with E-state index in [2.05, 4.69) is 0 Å². The fourth-order valence-electron chi connectivity index (χ4n) is 2.95. The van der Waals surface area contributed by atoms with Crippen molar-refractivity contribution in [3.63, 3.8) is 0 Å². The van der Waals surface area contributed by atoms with Crippen LogP contribution in [0.25, 0.3) is 0 Å². The fourth-order valence-corrected chi connectivity index (χ4v) is 3.08. The summed E-state index contributed by atoms with van der Waals surface area (Å²) in [6.07, 6.45) is 2.50. The molecular formula is C18H17ClN2O3. The molecule has 124 valence electrons. The van der Waals surface area contributed by atoms with Crippen molar-refractivity contribution in [3.05, 3.63) is 70.1 Å². The van der Waals surface area contributed by atoms with Crippen molar-refractivity contribution in [1.29, 1.82) is 0 Å². The van der Waals surface area contributed by atoms with Crippen molar-refractivity contribution in [2.45, 2.75) is 12.8 Å². The monoisotopic (exact) mass is 344 g/mol. The Hall–Kier alpha value is -2.40. The minimum absolute atomic E-state index is 0.0809. The van der Waals surface area contributed by atoms with E-state index in [1.807, 2.05) is 0 Å². The summed E-state index contributed by atoms with van der Waals surface area (Å²) >= 11 is 5.84. The second-order valence-corrected chi connectivity index (χ2v) is 6.29. The van der Waals surface area contributed by atoms with Crippen LogP contribution in [0.2, 0.25) is 5.02 Å². The SMILES string of the molecule is O=C(c1ccc(Cl)cc1)C1CCN(C(=O)c2cccc[n+]2[O-])CC1. The van der Waals surface area contributed by atoms with Crippen LogP contribution in [0.3, 0.4) is 0 Å². The van der Waals surface area contributed by atoms with Crippen molar-refractivity contribution in [2.75, 3.05) is 13.1 Å². The molecule has 0 N–H and O–H groups in total. The van der Waals surface area contributed by atoms with Crippen LogP contribution in [0.5, 0.6) is 0 Å². The zero-order valence-electron chi connectivity index (χ0n) is 13.0. The van der Waals surface area contributed by atoms with E-state index in [-0.39, 0.29) is 23.3 Å². The first-order valence-electron chi connectivity index (χ1n) is 7.83. The summed E-state index contributed by atoms with van der Waals surface area (Å²) in [6, 6.07) is 11.6. The second-order valence-electron chi connectivity index (χ2n) is 5.85. The Morgan fingerprint density at radius 2 is 1.75 bits per heavy atom. The van der Waals surface area contributed by atoms with Crippen molar-refractivity contribution in [3.8, 4) is 0 Å². The highest BCUT2D eigenvalue weighted by molar-refractivity contribution is 6.30. The quantitative estimate of drug-likeness (QED) is 0.488. The molecule has 2 heterocycles. The highest BCUT2D eigenvalue weighted by atomic mass is 35.5. The lowest BCUT2D eigenvalue weighted by Gasteiger charge is -2.30. The van der Waals surface area contributed by atoms with E-state index in [0.29, 0.717) is 41.2 Å². The summed E-state index contributed by atoms with van der Waals surface area (Å²) in [6.45, 7) is 0.940. The molecule has 1 aromatic carbocycles. The van der Waals surface area contributed by atoms with Gasteiger partial charge in [0.2, 0.25) is 0 Å². The van der Waals surface area contributed by atoms with E-state index in [9.17, 15) is 14.8 Å². The normalized spacial score (nSPS) is 15.3. The summed E-state index contributed by atoms with van der Waals surface area (Å²) in [4.78, 5) is 26.6. The van der Waals surface area contributed by atoms with E-state index in [1.165, 1.54) is 12.3 Å². The van der Waals surface area contributed by atoms with Crippen LogP contribution in [0.4, 0.5) is 0 Å². The van der Waals surface area contributed by atoms with Gasteiger partial charge in [-0.2, -0.15) is 4.73 Å². The van der Waals surface area contributed by atoms with Gasteiger partial charge in [-0.15, -0.1) is 0 Å². The van der Waals surface area contributed by atoms with E-state index < -0.39 is 0 Å². The van der Waals surface area contributed by atoms with Gasteiger partial charge in [-0.1, -0.05) is 11.6 Å². The van der Waals surface area contributed by atoms with Crippen LogP contribution < -0.4 is 4.73 Å². The molecule has 0 unspecified atom stereocenters. The van der Waals surface area contributed by atoms with E-state index in [4.69, 9.17) is 11.6 Å². The molecule has 0 aliphatic carbocycles. The van der Waals surface area contributed by atoms with Gasteiger partial charge in [-0.25, -0.2) is 0 Å². The third kappa shape index (κ3) is 3.41. The number of likely N-dealkylation sites (tertiary alicyclic amines) is 1. The van der Waals surface area contributed by atoms with E-state index >= 15 is 0 Å². The van der Waals surface area contributed by atoms with Gasteiger partial charge in [-0.3, -0.25) is 9.59 Å². The number of carbonyl (C=O) groups excluding carboxylic acids is 2. The van der Waals surface area contributed by atoms with Crippen molar-refractivity contribution in [2.24, 2.45) is 5.92 Å². The highest BCUT2D eigenvalue weighted by Crippen LogP contribution is 2.23. The number of piperidine rings is 1. The van der Waals surface area contributed by atoms with Crippen LogP contribution in [0.15, 0.2) is 48.7 Å². The first-order chi connectivity index (χ1) is 11.6. The summed E-state index contributed by atoms with van der Waals surface area (Å²) in [7, 11) is 0. The number of carbonyl (C=O) groups is 2. The molecule has 24 heavy (non-hydrogen) atoms. The zero-order chi connectivity index (χ0) is 17.1. The number of benzene rings is 1. The molecule has 1 aromatic heterocycles. The maximum absolute atomic E-state index is 12.5. The third-order valence-electron chi connectivity index (χ3n) is 4.32. The molecule has 6 heteroatoms. The number of amides is 1. The number of ketones is 1. The molecule has 0 radical (unpaired) electrons. The number of nitrogens with zero attached hydrogens (tertiary/aromatic N) is 2. The predicted molar refractivity (Wildman–Crippen MR) is 89.8 cm³/mol. The van der Waals surface area contributed by atoms with Crippen molar-refractivity contribution >= 4 is 23.3 Å². The second kappa shape index (κ2) is 7.01. The summed E-state index contributed by atoms with van der Waals surface area (Å²) in [5.74, 6) is -0.314. The number of Topliss-reactive ketones (excluding diaryl/α,β-unsaturated/α-hetero) is 1. The van der Waals surface area contributed by atoms with Gasteiger partial charge in [0, 0.05) is 41.7 Å². The molecule has 3 rings (SSSR count). The van der Waals surface area contributed by atoms with Gasteiger partial charge in [0.25, 0.3) is 5.69 Å². The number of rotatable bonds is 3. The Morgan fingerprint density at radius 1 is 1.08 bits per heavy atom. The van der Waals surface area contributed by atoms with Crippen molar-refractivity contribution in [1.82, 2.24) is 4.90 Å². The molecule has 0 spiro atoms. The topological polar surface area (TPSA) is 64.3 Å². The Kier molecular flexibility index (Phi) is 4.81. The number of halogens is 1. The van der Waals surface area contributed by atoms with Gasteiger partial charge < -0.3 is 10.1 Å². The Balaban J connectivity index is 1.63. The Labute approximate surface area is 145 Å². The third-order valence-corrected chi connectivity index (χ3v) is 4.58. The van der Waals surface area contributed by atoms with E-state index in [1.54, 1.807) is 41.3 Å². The standard InChI is InChI=1S/C18H17ClN2O3/c19-15-6-4-13(5-7-15)17(22)14-8-11-20(12-9-14)18(23)16-3-1-2-10-21(16)24/h1-7,10,14H,8-9,11-12H2. The molecular weight excluding hydrogens is 328 g/mol.